The van der Waals surface area contributed by atoms with Gasteiger partial charge in [-0.15, -0.1) is 0 Å². The Morgan fingerprint density at radius 3 is 2.50 bits per heavy atom. The van der Waals surface area contributed by atoms with E-state index in [1.54, 1.807) is 11.8 Å². The minimum atomic E-state index is -0.489. The molecule has 5 nitrogen and oxygen atoms in total. The third-order valence-electron chi connectivity index (χ3n) is 3.10. The van der Waals surface area contributed by atoms with Crippen molar-refractivity contribution in [2.45, 2.75) is 39.3 Å². The molecule has 1 aromatic rings. The van der Waals surface area contributed by atoms with Gasteiger partial charge in [0.05, 0.1) is 6.10 Å². The van der Waals surface area contributed by atoms with Crippen LogP contribution in [-0.2, 0) is 9.59 Å². The highest BCUT2D eigenvalue weighted by Crippen LogP contribution is 2.22. The van der Waals surface area contributed by atoms with Gasteiger partial charge in [0, 0.05) is 18.7 Å². The summed E-state index contributed by atoms with van der Waals surface area (Å²) in [7, 11) is 0. The largest absolute Gasteiger partial charge is 0.491 e. The van der Waals surface area contributed by atoms with Crippen LogP contribution in [0, 0.1) is 0 Å². The Hall–Kier alpha value is -2.04. The number of rotatable bonds is 3. The lowest BCUT2D eigenvalue weighted by molar-refractivity contribution is -0.125. The summed E-state index contributed by atoms with van der Waals surface area (Å²) in [4.78, 5) is 25.4. The number of hydrogen-bond acceptors (Lipinski definition) is 3. The van der Waals surface area contributed by atoms with Crippen molar-refractivity contribution in [3.05, 3.63) is 24.3 Å². The first kappa shape index (κ1) is 14.4. The minimum absolute atomic E-state index is 0.0895. The van der Waals surface area contributed by atoms with Crippen LogP contribution in [0.2, 0.25) is 0 Å². The average molecular weight is 276 g/mol. The molecule has 1 heterocycles. The van der Waals surface area contributed by atoms with Crippen LogP contribution in [0.1, 0.15) is 27.2 Å². The molecule has 0 bridgehead atoms. The highest BCUT2D eigenvalue weighted by molar-refractivity contribution is 6.01. The number of anilines is 1. The fourth-order valence-corrected chi connectivity index (χ4v) is 2.17. The van der Waals surface area contributed by atoms with Gasteiger partial charge in [-0.25, -0.2) is 0 Å². The van der Waals surface area contributed by atoms with E-state index < -0.39 is 6.04 Å². The topological polar surface area (TPSA) is 58.6 Å². The van der Waals surface area contributed by atoms with Crippen LogP contribution < -0.4 is 15.0 Å². The van der Waals surface area contributed by atoms with Crippen molar-refractivity contribution in [3.63, 3.8) is 0 Å². The van der Waals surface area contributed by atoms with Gasteiger partial charge in [0.2, 0.25) is 11.8 Å². The molecular formula is C15H20N2O3. The summed E-state index contributed by atoms with van der Waals surface area (Å²) < 4.78 is 5.58. The second kappa shape index (κ2) is 5.94. The fourth-order valence-electron chi connectivity index (χ4n) is 2.17. The lowest BCUT2D eigenvalue weighted by atomic mass is 10.2. The predicted molar refractivity (Wildman–Crippen MR) is 76.8 cm³/mol. The third kappa shape index (κ3) is 3.29. The van der Waals surface area contributed by atoms with Gasteiger partial charge in [0.15, 0.2) is 0 Å². The van der Waals surface area contributed by atoms with E-state index in [1.165, 1.54) is 0 Å². The smallest absolute Gasteiger partial charge is 0.249 e. The van der Waals surface area contributed by atoms with E-state index in [0.29, 0.717) is 13.0 Å². The number of nitrogens with one attached hydrogen (secondary N) is 1. The lowest BCUT2D eigenvalue weighted by Gasteiger charge is -2.22. The number of hydrogen-bond donors (Lipinski definition) is 1. The van der Waals surface area contributed by atoms with E-state index in [0.717, 1.165) is 11.4 Å². The van der Waals surface area contributed by atoms with Crippen LogP contribution in [0.3, 0.4) is 0 Å². The lowest BCUT2D eigenvalue weighted by Crippen LogP contribution is -2.42. The molecule has 5 heteroatoms. The van der Waals surface area contributed by atoms with Crippen molar-refractivity contribution < 1.29 is 14.3 Å². The molecule has 1 aliphatic heterocycles. The van der Waals surface area contributed by atoms with E-state index in [4.69, 9.17) is 4.74 Å². The van der Waals surface area contributed by atoms with Gasteiger partial charge >= 0.3 is 0 Å². The maximum absolute atomic E-state index is 12.2. The summed E-state index contributed by atoms with van der Waals surface area (Å²) in [6, 6.07) is 6.88. The van der Waals surface area contributed by atoms with Gasteiger partial charge in [-0.3, -0.25) is 9.59 Å². The number of benzene rings is 1. The molecule has 0 saturated carbocycles. The normalized spacial score (nSPS) is 19.8. The Kier molecular flexibility index (Phi) is 4.27. The number of ether oxygens (including phenoxy) is 1. The molecule has 1 fully saturated rings. The van der Waals surface area contributed by atoms with Crippen LogP contribution >= 0.6 is 0 Å². The average Bonchev–Trinajstić information content (AvgIpc) is 2.51. The van der Waals surface area contributed by atoms with Gasteiger partial charge in [0.1, 0.15) is 11.8 Å². The van der Waals surface area contributed by atoms with E-state index in [1.807, 2.05) is 38.1 Å². The number of nitrogens with zero attached hydrogens (tertiary/aromatic N) is 1. The molecule has 1 unspecified atom stereocenters. The highest BCUT2D eigenvalue weighted by atomic mass is 16.5. The van der Waals surface area contributed by atoms with Gasteiger partial charge in [-0.05, 0) is 45.0 Å². The Labute approximate surface area is 118 Å². The molecule has 1 aliphatic rings. The minimum Gasteiger partial charge on any atom is -0.491 e. The molecule has 0 aliphatic carbocycles. The summed E-state index contributed by atoms with van der Waals surface area (Å²) in [6.45, 7) is 6.03. The summed E-state index contributed by atoms with van der Waals surface area (Å²) in [6.07, 6.45) is 0.433. The Balaban J connectivity index is 2.17. The van der Waals surface area contributed by atoms with E-state index in [9.17, 15) is 9.59 Å². The van der Waals surface area contributed by atoms with Crippen molar-refractivity contribution in [1.82, 2.24) is 5.32 Å². The first-order chi connectivity index (χ1) is 9.47. The van der Waals surface area contributed by atoms with Gasteiger partial charge in [-0.1, -0.05) is 0 Å². The number of carbonyl (C=O) groups excluding carboxylic acids is 2. The van der Waals surface area contributed by atoms with E-state index in [2.05, 4.69) is 5.32 Å². The SMILES string of the molecule is CC(C)Oc1ccc(N2CCC(=O)NC(C)C2=O)cc1. The maximum Gasteiger partial charge on any atom is 0.249 e. The third-order valence-corrected chi connectivity index (χ3v) is 3.10. The van der Waals surface area contributed by atoms with Crippen LogP contribution in [0.4, 0.5) is 5.69 Å². The monoisotopic (exact) mass is 276 g/mol. The first-order valence-corrected chi connectivity index (χ1v) is 6.85. The molecule has 1 aromatic carbocycles. The zero-order valence-corrected chi connectivity index (χ0v) is 12.1. The van der Waals surface area contributed by atoms with Crippen molar-refractivity contribution in [3.8, 4) is 5.75 Å². The molecule has 0 radical (unpaired) electrons. The second-order valence-corrected chi connectivity index (χ2v) is 5.19. The summed E-state index contributed by atoms with van der Waals surface area (Å²) in [5, 5.41) is 2.67. The number of amides is 2. The van der Waals surface area contributed by atoms with Crippen LogP contribution in [0.25, 0.3) is 0 Å². The van der Waals surface area contributed by atoms with Crippen LogP contribution in [0.5, 0.6) is 5.75 Å². The van der Waals surface area contributed by atoms with Crippen LogP contribution in [-0.4, -0.2) is 30.5 Å². The maximum atomic E-state index is 12.2. The molecule has 1 N–H and O–H groups in total. The second-order valence-electron chi connectivity index (χ2n) is 5.19. The fraction of sp³-hybridized carbons (Fsp3) is 0.467. The van der Waals surface area contributed by atoms with E-state index >= 15 is 0 Å². The Bertz CT molecular complexity index is 496. The van der Waals surface area contributed by atoms with E-state index in [-0.39, 0.29) is 17.9 Å². The Morgan fingerprint density at radius 1 is 1.25 bits per heavy atom. The van der Waals surface area contributed by atoms with Gasteiger partial charge < -0.3 is 15.0 Å². The summed E-state index contributed by atoms with van der Waals surface area (Å²) in [5.74, 6) is 0.592. The zero-order chi connectivity index (χ0) is 14.7. The molecular weight excluding hydrogens is 256 g/mol. The molecule has 0 spiro atoms. The zero-order valence-electron chi connectivity index (χ0n) is 12.1. The van der Waals surface area contributed by atoms with Crippen molar-refractivity contribution >= 4 is 17.5 Å². The van der Waals surface area contributed by atoms with Crippen molar-refractivity contribution in [2.75, 3.05) is 11.4 Å². The number of carbonyl (C=O) groups is 2. The standard InChI is InChI=1S/C15H20N2O3/c1-10(2)20-13-6-4-12(5-7-13)17-9-8-14(18)16-11(3)15(17)19/h4-7,10-11H,8-9H2,1-3H3,(H,16,18). The van der Waals surface area contributed by atoms with Crippen molar-refractivity contribution in [2.24, 2.45) is 0 Å². The molecule has 2 amide bonds. The van der Waals surface area contributed by atoms with Crippen LogP contribution in [0.15, 0.2) is 24.3 Å². The highest BCUT2D eigenvalue weighted by Gasteiger charge is 2.27. The molecule has 0 aromatic heterocycles. The van der Waals surface area contributed by atoms with Gasteiger partial charge in [-0.2, -0.15) is 0 Å². The quantitative estimate of drug-likeness (QED) is 0.914. The molecule has 20 heavy (non-hydrogen) atoms. The van der Waals surface area contributed by atoms with Gasteiger partial charge in [0.25, 0.3) is 0 Å². The first-order valence-electron chi connectivity index (χ1n) is 6.85. The van der Waals surface area contributed by atoms with Crippen molar-refractivity contribution in [1.29, 1.82) is 0 Å². The predicted octanol–water partition coefficient (Wildman–Crippen LogP) is 1.72. The Morgan fingerprint density at radius 2 is 1.90 bits per heavy atom. The molecule has 2 rings (SSSR count). The summed E-state index contributed by atoms with van der Waals surface area (Å²) in [5.41, 5.74) is 0.787. The molecule has 108 valence electrons. The molecule has 1 saturated heterocycles. The molecule has 1 atom stereocenters. The summed E-state index contributed by atoms with van der Waals surface area (Å²) >= 11 is 0.